The first-order chi connectivity index (χ1) is 23.3. The Balaban J connectivity index is 1.39. The molecule has 0 atom stereocenters. The molecule has 1 aliphatic rings. The van der Waals surface area contributed by atoms with E-state index < -0.39 is 18.9 Å². The molecular formula is C43H26IN3. The Kier molecular flexibility index (Phi) is 5.09. The van der Waals surface area contributed by atoms with Crippen molar-refractivity contribution in [1.82, 2.24) is 8.97 Å². The van der Waals surface area contributed by atoms with Crippen LogP contribution in [-0.4, -0.2) is 20.8 Å². The number of aliphatic imine (C=N–C) groups is 1. The zero-order valence-corrected chi connectivity index (χ0v) is 27.4. The highest BCUT2D eigenvalue weighted by Crippen LogP contribution is 2.47. The van der Waals surface area contributed by atoms with E-state index in [0.29, 0.717) is 0 Å². The number of hydrogen-bond acceptors (Lipinski definition) is 1. The lowest BCUT2D eigenvalue weighted by molar-refractivity contribution is 1.30. The third-order valence-electron chi connectivity index (χ3n) is 9.98. The molecule has 0 saturated heterocycles. The van der Waals surface area contributed by atoms with Crippen LogP contribution in [0, 0.1) is 0 Å². The molecule has 0 saturated carbocycles. The minimum Gasteiger partial charge on any atom is -0.308 e. The van der Waals surface area contributed by atoms with Crippen molar-refractivity contribution in [2.45, 2.75) is 0 Å². The van der Waals surface area contributed by atoms with Crippen molar-refractivity contribution in [3.8, 4) is 0 Å². The van der Waals surface area contributed by atoms with Gasteiger partial charge in [-0.15, -0.1) is 0 Å². The smallest absolute Gasteiger partial charge is 0.166 e. The number of rotatable bonds is 1. The molecule has 0 unspecified atom stereocenters. The fourth-order valence-electron chi connectivity index (χ4n) is 8.04. The molecule has 10 aromatic rings. The normalized spacial score (nSPS) is 14.0. The van der Waals surface area contributed by atoms with Gasteiger partial charge in [-0.1, -0.05) is 133 Å². The molecule has 47 heavy (non-hydrogen) atoms. The van der Waals surface area contributed by atoms with E-state index in [2.05, 4.69) is 155 Å². The molecular weight excluding hydrogens is 685 g/mol. The third-order valence-corrected chi connectivity index (χ3v) is 14.4. The molecule has 0 amide bonds. The van der Waals surface area contributed by atoms with Gasteiger partial charge in [-0.2, -0.15) is 0 Å². The van der Waals surface area contributed by atoms with Gasteiger partial charge in [-0.3, -0.25) is 4.57 Å². The molecule has 0 fully saturated rings. The van der Waals surface area contributed by atoms with Crippen molar-refractivity contribution in [3.63, 3.8) is 0 Å². The molecule has 0 spiro atoms. The SMILES string of the molecule is C=I1=C(c2ccccc2)c2ccccc2N=C1n1c2cccc3c4cc5ccccc5cc4n4c5ccccc5c5ccc1c(c32)c54. The zero-order valence-electron chi connectivity index (χ0n) is 25.3. The summed E-state index contributed by atoms with van der Waals surface area (Å²) in [4.78, 5) is 5.48. The summed E-state index contributed by atoms with van der Waals surface area (Å²) in [5, 5.41) is 10.1. The van der Waals surface area contributed by atoms with Gasteiger partial charge in [0, 0.05) is 36.0 Å². The van der Waals surface area contributed by atoms with Crippen molar-refractivity contribution in [2.24, 2.45) is 4.99 Å². The Morgan fingerprint density at radius 3 is 2.11 bits per heavy atom. The fraction of sp³-hybridized carbons (Fsp3) is 0. The molecule has 4 heteroatoms. The second kappa shape index (κ2) is 9.30. The maximum Gasteiger partial charge on any atom is 0.166 e. The number of aromatic nitrogens is 2. The summed E-state index contributed by atoms with van der Waals surface area (Å²) in [7, 11) is 0. The van der Waals surface area contributed by atoms with Crippen LogP contribution in [0.2, 0.25) is 0 Å². The molecule has 3 nitrogen and oxygen atoms in total. The number of nitrogens with zero attached hydrogens (tertiary/aromatic N) is 3. The molecule has 1 aliphatic heterocycles. The van der Waals surface area contributed by atoms with E-state index in [9.17, 15) is 0 Å². The lowest BCUT2D eigenvalue weighted by Crippen LogP contribution is -2.14. The summed E-state index contributed by atoms with van der Waals surface area (Å²) in [6.45, 7) is 0. The summed E-state index contributed by atoms with van der Waals surface area (Å²) in [5.41, 5.74) is 9.59. The second-order valence-electron chi connectivity index (χ2n) is 12.4. The predicted octanol–water partition coefficient (Wildman–Crippen LogP) is 11.2. The first-order valence-corrected chi connectivity index (χ1v) is 19.6. The summed E-state index contributed by atoms with van der Waals surface area (Å²) in [6, 6.07) is 53.3. The zero-order chi connectivity index (χ0) is 30.8. The Morgan fingerprint density at radius 2 is 1.21 bits per heavy atom. The van der Waals surface area contributed by atoms with Crippen LogP contribution in [-0.2, 0) is 0 Å². The Hall–Kier alpha value is -5.46. The van der Waals surface area contributed by atoms with Crippen LogP contribution in [0.5, 0.6) is 0 Å². The Labute approximate surface area is 276 Å². The van der Waals surface area contributed by atoms with Gasteiger partial charge in [0.15, 0.2) is 3.84 Å². The van der Waals surface area contributed by atoms with Crippen LogP contribution in [0.4, 0.5) is 5.69 Å². The quantitative estimate of drug-likeness (QED) is 0.151. The van der Waals surface area contributed by atoms with Crippen molar-refractivity contribution in [1.29, 1.82) is 0 Å². The van der Waals surface area contributed by atoms with Gasteiger partial charge in [-0.05, 0) is 58.1 Å². The lowest BCUT2D eigenvalue weighted by atomic mass is 10.0. The second-order valence-corrected chi connectivity index (χ2v) is 16.5. The molecule has 0 N–H and O–H groups in total. The summed E-state index contributed by atoms with van der Waals surface area (Å²) in [6.07, 6.45) is 0. The molecule has 11 rings (SSSR count). The topological polar surface area (TPSA) is 21.7 Å². The number of fused-ring (bicyclic) bond motifs is 8. The summed E-state index contributed by atoms with van der Waals surface area (Å²) < 4.78 is 12.5. The van der Waals surface area contributed by atoms with E-state index in [1.807, 2.05) is 0 Å². The molecule has 4 heterocycles. The van der Waals surface area contributed by atoms with Crippen LogP contribution < -0.4 is 0 Å². The van der Waals surface area contributed by atoms with Crippen molar-refractivity contribution in [2.75, 3.05) is 0 Å². The first-order valence-electron chi connectivity index (χ1n) is 15.9. The predicted molar refractivity (Wildman–Crippen MR) is 211 cm³/mol. The first kappa shape index (κ1) is 25.7. The highest BCUT2D eigenvalue weighted by molar-refractivity contribution is 14.2. The van der Waals surface area contributed by atoms with E-state index in [4.69, 9.17) is 9.51 Å². The van der Waals surface area contributed by atoms with Crippen molar-refractivity contribution < 1.29 is 0 Å². The van der Waals surface area contributed by atoms with Gasteiger partial charge in [0.25, 0.3) is 0 Å². The van der Waals surface area contributed by atoms with Gasteiger partial charge in [0.2, 0.25) is 0 Å². The number of benzene rings is 7. The fourth-order valence-corrected chi connectivity index (χ4v) is 12.4. The minimum absolute atomic E-state index is 1.02. The average Bonchev–Trinajstić information content (AvgIpc) is 3.60. The average molecular weight is 712 g/mol. The maximum atomic E-state index is 5.48. The third kappa shape index (κ3) is 3.33. The van der Waals surface area contributed by atoms with Gasteiger partial charge < -0.3 is 4.40 Å². The van der Waals surface area contributed by atoms with Gasteiger partial charge in [0.1, 0.15) is 0 Å². The molecule has 0 radical (unpaired) electrons. The van der Waals surface area contributed by atoms with Crippen LogP contribution in [0.25, 0.3) is 70.7 Å². The Bertz CT molecular complexity index is 3080. The molecule has 0 aliphatic carbocycles. The van der Waals surface area contributed by atoms with Crippen LogP contribution in [0.1, 0.15) is 11.1 Å². The van der Waals surface area contributed by atoms with Gasteiger partial charge >= 0.3 is 0 Å². The van der Waals surface area contributed by atoms with E-state index in [1.165, 1.54) is 85.3 Å². The monoisotopic (exact) mass is 711 g/mol. The van der Waals surface area contributed by atoms with E-state index in [0.717, 1.165) is 9.53 Å². The molecule has 0 bridgehead atoms. The number of hydrogen-bond donors (Lipinski definition) is 0. The van der Waals surface area contributed by atoms with Crippen molar-refractivity contribution >= 4 is 107 Å². The standard InChI is InChI=1S/C43H26IN3/c1-44-41(26-12-3-2-4-13-26)32-17-7-9-19-34(32)45-43(44)47-36-21-11-18-30-33-24-27-14-5-6-15-28(27)25-38(33)46-35-20-10-8-16-29(35)31-22-23-37(47)40(39(30)36)42(31)46/h2-25H,1H2. The van der Waals surface area contributed by atoms with Crippen LogP contribution in [0.15, 0.2) is 151 Å². The van der Waals surface area contributed by atoms with Crippen molar-refractivity contribution in [3.05, 3.63) is 157 Å². The molecule has 7 aromatic carbocycles. The van der Waals surface area contributed by atoms with Crippen LogP contribution >= 0.6 is 18.9 Å². The van der Waals surface area contributed by atoms with E-state index in [-0.39, 0.29) is 0 Å². The summed E-state index contributed by atoms with van der Waals surface area (Å²) >= 11 is -2.26. The minimum atomic E-state index is -2.26. The van der Waals surface area contributed by atoms with E-state index in [1.54, 1.807) is 0 Å². The highest BCUT2D eigenvalue weighted by Gasteiger charge is 2.26. The number of para-hydroxylation sites is 2. The number of halogens is 1. The van der Waals surface area contributed by atoms with Crippen LogP contribution in [0.3, 0.4) is 0 Å². The maximum absolute atomic E-state index is 5.48. The van der Waals surface area contributed by atoms with E-state index >= 15 is 0 Å². The lowest BCUT2D eigenvalue weighted by Gasteiger charge is -2.21. The largest absolute Gasteiger partial charge is 0.308 e. The van der Waals surface area contributed by atoms with Gasteiger partial charge in [0.05, 0.1) is 33.3 Å². The summed E-state index contributed by atoms with van der Waals surface area (Å²) in [5.74, 6) is 0. The highest BCUT2D eigenvalue weighted by atomic mass is 127. The molecule has 220 valence electrons. The Morgan fingerprint density at radius 1 is 0.511 bits per heavy atom. The van der Waals surface area contributed by atoms with Gasteiger partial charge in [-0.25, -0.2) is 4.99 Å². The molecule has 3 aromatic heterocycles.